The number of rotatable bonds is 2. The molecule has 1 nitrogen and oxygen atoms in total. The fourth-order valence-corrected chi connectivity index (χ4v) is 3.74. The molecule has 0 aromatic heterocycles. The summed E-state index contributed by atoms with van der Waals surface area (Å²) in [6.45, 7) is 2.19. The lowest BCUT2D eigenvalue weighted by Crippen LogP contribution is -2.32. The Morgan fingerprint density at radius 1 is 0.565 bits per heavy atom. The lowest BCUT2D eigenvalue weighted by atomic mass is 9.91. The minimum atomic E-state index is 1.03. The third-order valence-corrected chi connectivity index (χ3v) is 4.77. The molecule has 0 saturated heterocycles. The van der Waals surface area contributed by atoms with Crippen molar-refractivity contribution in [2.45, 2.75) is 13.1 Å². The van der Waals surface area contributed by atoms with E-state index in [1.165, 1.54) is 33.4 Å². The molecule has 0 radical (unpaired) electrons. The second kappa shape index (κ2) is 5.36. The first kappa shape index (κ1) is 14.2. The summed E-state index contributed by atoms with van der Waals surface area (Å²) >= 11 is 0. The summed E-state index contributed by atoms with van der Waals surface area (Å²) in [5, 5.41) is 0. The Labute approximate surface area is 138 Å². The minimum absolute atomic E-state index is 1.03. The van der Waals surface area contributed by atoms with Crippen molar-refractivity contribution < 1.29 is 4.48 Å². The molecule has 0 atom stereocenters. The smallest absolute Gasteiger partial charge is 0.105 e. The Balaban J connectivity index is 1.92. The Bertz CT molecular complexity index is 762. The summed E-state index contributed by atoms with van der Waals surface area (Å²) in [7, 11) is 4.65. The Kier molecular flexibility index (Phi) is 3.32. The molecule has 1 aliphatic heterocycles. The average molecular weight is 300 g/mol. The number of fused-ring (bicyclic) bond motifs is 1. The standard InChI is InChI=1S/C22H22N/c1-23(2)15-21-19(17-9-5-3-6-10-17)13-14-20(22(21)16-23)18-11-7-4-8-12-18/h3-14H,15-16H2,1-2H3/q+1. The molecule has 3 aromatic rings. The van der Waals surface area contributed by atoms with Crippen molar-refractivity contribution in [3.05, 3.63) is 83.9 Å². The van der Waals surface area contributed by atoms with Gasteiger partial charge in [-0.3, -0.25) is 0 Å². The first-order chi connectivity index (χ1) is 11.1. The van der Waals surface area contributed by atoms with Crippen LogP contribution in [-0.2, 0) is 13.1 Å². The fourth-order valence-electron chi connectivity index (χ4n) is 3.74. The highest BCUT2D eigenvalue weighted by Gasteiger charge is 2.32. The molecular formula is C22H22N+. The van der Waals surface area contributed by atoms with Crippen molar-refractivity contribution in [3.8, 4) is 22.3 Å². The zero-order valence-electron chi connectivity index (χ0n) is 13.8. The van der Waals surface area contributed by atoms with Crippen molar-refractivity contribution in [1.29, 1.82) is 0 Å². The van der Waals surface area contributed by atoms with Gasteiger partial charge in [0.15, 0.2) is 0 Å². The van der Waals surface area contributed by atoms with Crippen molar-refractivity contribution in [2.75, 3.05) is 14.1 Å². The maximum atomic E-state index is 2.32. The van der Waals surface area contributed by atoms with Crippen LogP contribution < -0.4 is 0 Å². The topological polar surface area (TPSA) is 0 Å². The van der Waals surface area contributed by atoms with Gasteiger partial charge in [-0.25, -0.2) is 0 Å². The first-order valence-electron chi connectivity index (χ1n) is 8.22. The van der Waals surface area contributed by atoms with Gasteiger partial charge in [0, 0.05) is 11.1 Å². The van der Waals surface area contributed by atoms with E-state index in [0.717, 1.165) is 17.6 Å². The Hall–Kier alpha value is -2.38. The number of hydrogen-bond donors (Lipinski definition) is 0. The predicted octanol–water partition coefficient (Wildman–Crippen LogP) is 5.11. The second-order valence-corrected chi connectivity index (χ2v) is 7.10. The van der Waals surface area contributed by atoms with Gasteiger partial charge in [0.2, 0.25) is 0 Å². The van der Waals surface area contributed by atoms with Crippen LogP contribution in [0.2, 0.25) is 0 Å². The van der Waals surface area contributed by atoms with Crippen LogP contribution in [0, 0.1) is 0 Å². The van der Waals surface area contributed by atoms with Gasteiger partial charge in [0.1, 0.15) is 13.1 Å². The quantitative estimate of drug-likeness (QED) is 0.577. The van der Waals surface area contributed by atoms with Crippen molar-refractivity contribution in [1.82, 2.24) is 0 Å². The molecule has 0 bridgehead atoms. The molecule has 1 heterocycles. The average Bonchev–Trinajstić information content (AvgIpc) is 2.90. The van der Waals surface area contributed by atoms with E-state index in [-0.39, 0.29) is 0 Å². The van der Waals surface area contributed by atoms with E-state index in [1.54, 1.807) is 0 Å². The molecule has 0 amide bonds. The Morgan fingerprint density at radius 2 is 0.957 bits per heavy atom. The van der Waals surface area contributed by atoms with Crippen LogP contribution >= 0.6 is 0 Å². The summed E-state index contributed by atoms with van der Waals surface area (Å²) in [5.41, 5.74) is 8.47. The molecule has 114 valence electrons. The van der Waals surface area contributed by atoms with E-state index in [9.17, 15) is 0 Å². The molecule has 3 aromatic carbocycles. The van der Waals surface area contributed by atoms with E-state index in [1.807, 2.05) is 0 Å². The highest BCUT2D eigenvalue weighted by atomic mass is 15.3. The summed E-state index contributed by atoms with van der Waals surface area (Å²) in [6.07, 6.45) is 0. The van der Waals surface area contributed by atoms with Gasteiger partial charge in [0.05, 0.1) is 14.1 Å². The zero-order chi connectivity index (χ0) is 15.9. The van der Waals surface area contributed by atoms with Crippen LogP contribution in [0.15, 0.2) is 72.8 Å². The van der Waals surface area contributed by atoms with Crippen LogP contribution in [-0.4, -0.2) is 18.6 Å². The van der Waals surface area contributed by atoms with Crippen molar-refractivity contribution >= 4 is 0 Å². The van der Waals surface area contributed by atoms with Gasteiger partial charge >= 0.3 is 0 Å². The maximum Gasteiger partial charge on any atom is 0.105 e. The predicted molar refractivity (Wildman–Crippen MR) is 96.8 cm³/mol. The molecule has 0 spiro atoms. The van der Waals surface area contributed by atoms with E-state index >= 15 is 0 Å². The van der Waals surface area contributed by atoms with Crippen LogP contribution in [0.4, 0.5) is 0 Å². The van der Waals surface area contributed by atoms with Crippen molar-refractivity contribution in [3.63, 3.8) is 0 Å². The first-order valence-corrected chi connectivity index (χ1v) is 8.22. The van der Waals surface area contributed by atoms with E-state index < -0.39 is 0 Å². The zero-order valence-corrected chi connectivity index (χ0v) is 13.8. The highest BCUT2D eigenvalue weighted by molar-refractivity contribution is 5.77. The van der Waals surface area contributed by atoms with Gasteiger partial charge < -0.3 is 4.48 Å². The third kappa shape index (κ3) is 2.58. The summed E-state index contributed by atoms with van der Waals surface area (Å²) < 4.78 is 1.03. The van der Waals surface area contributed by atoms with Crippen LogP contribution in [0.25, 0.3) is 22.3 Å². The van der Waals surface area contributed by atoms with Gasteiger partial charge in [-0.15, -0.1) is 0 Å². The molecule has 1 heteroatoms. The van der Waals surface area contributed by atoms with Gasteiger partial charge in [-0.05, 0) is 22.3 Å². The molecule has 0 saturated carbocycles. The van der Waals surface area contributed by atoms with Gasteiger partial charge in [0.25, 0.3) is 0 Å². The van der Waals surface area contributed by atoms with E-state index in [4.69, 9.17) is 0 Å². The molecule has 0 fully saturated rings. The SMILES string of the molecule is C[N+]1(C)Cc2c(-c3ccccc3)ccc(-c3ccccc3)c2C1. The van der Waals surface area contributed by atoms with Crippen LogP contribution in [0.5, 0.6) is 0 Å². The third-order valence-electron chi connectivity index (χ3n) is 4.77. The van der Waals surface area contributed by atoms with E-state index in [0.29, 0.717) is 0 Å². The normalized spacial score (nSPS) is 15.4. The van der Waals surface area contributed by atoms with E-state index in [2.05, 4.69) is 86.9 Å². The lowest BCUT2D eigenvalue weighted by molar-refractivity contribution is -0.909. The molecule has 0 N–H and O–H groups in total. The minimum Gasteiger partial charge on any atom is -0.321 e. The summed E-state index contributed by atoms with van der Waals surface area (Å²) in [6, 6.07) is 26.2. The molecule has 4 rings (SSSR count). The fraction of sp³-hybridized carbons (Fsp3) is 0.182. The van der Waals surface area contributed by atoms with Crippen LogP contribution in [0.3, 0.4) is 0 Å². The number of quaternary nitrogens is 1. The summed E-state index contributed by atoms with van der Waals surface area (Å²) in [5.74, 6) is 0. The molecule has 0 aliphatic carbocycles. The van der Waals surface area contributed by atoms with Crippen LogP contribution in [0.1, 0.15) is 11.1 Å². The second-order valence-electron chi connectivity index (χ2n) is 7.10. The molecule has 0 unspecified atom stereocenters. The van der Waals surface area contributed by atoms with Crippen molar-refractivity contribution in [2.24, 2.45) is 0 Å². The molecule has 1 aliphatic rings. The monoisotopic (exact) mass is 300 g/mol. The molecule has 23 heavy (non-hydrogen) atoms. The number of nitrogens with zero attached hydrogens (tertiary/aromatic N) is 1. The van der Waals surface area contributed by atoms with Gasteiger partial charge in [-0.1, -0.05) is 72.8 Å². The molecular weight excluding hydrogens is 278 g/mol. The number of benzene rings is 3. The Morgan fingerprint density at radius 3 is 1.35 bits per heavy atom. The summed E-state index contributed by atoms with van der Waals surface area (Å²) in [4.78, 5) is 0. The number of hydrogen-bond acceptors (Lipinski definition) is 0. The maximum absolute atomic E-state index is 2.32. The lowest BCUT2D eigenvalue weighted by Gasteiger charge is -2.22. The van der Waals surface area contributed by atoms with Gasteiger partial charge in [-0.2, -0.15) is 0 Å². The largest absolute Gasteiger partial charge is 0.321 e. The highest BCUT2D eigenvalue weighted by Crippen LogP contribution is 2.40.